The van der Waals surface area contributed by atoms with E-state index in [-0.39, 0.29) is 11.9 Å². The molecule has 4 nitrogen and oxygen atoms in total. The first-order valence-corrected chi connectivity index (χ1v) is 7.35. The third-order valence-corrected chi connectivity index (χ3v) is 4.11. The lowest BCUT2D eigenvalue weighted by molar-refractivity contribution is 0.0934. The van der Waals surface area contributed by atoms with Gasteiger partial charge in [-0.1, -0.05) is 23.8 Å². The first-order chi connectivity index (χ1) is 10.5. The number of primary amides is 1. The quantitative estimate of drug-likeness (QED) is 0.913. The van der Waals surface area contributed by atoms with Gasteiger partial charge in [0.15, 0.2) is 0 Å². The third kappa shape index (κ3) is 2.72. The molecule has 0 fully saturated rings. The highest BCUT2D eigenvalue weighted by molar-refractivity contribution is 5.97. The minimum atomic E-state index is -0.493. The summed E-state index contributed by atoms with van der Waals surface area (Å²) in [5.74, 6) is -0.624. The second-order valence-corrected chi connectivity index (χ2v) is 5.71. The molecule has 22 heavy (non-hydrogen) atoms. The molecule has 112 valence electrons. The minimum absolute atomic E-state index is 0.0546. The Morgan fingerprint density at radius 3 is 2.45 bits per heavy atom. The van der Waals surface area contributed by atoms with Crippen molar-refractivity contribution >= 4 is 11.8 Å². The molecule has 0 bridgehead atoms. The molecule has 3 rings (SSSR count). The summed E-state index contributed by atoms with van der Waals surface area (Å²) in [5, 5.41) is 3.06. The number of carbonyl (C=O) groups is 2. The fourth-order valence-electron chi connectivity index (χ4n) is 2.92. The van der Waals surface area contributed by atoms with Crippen molar-refractivity contribution in [1.29, 1.82) is 0 Å². The minimum Gasteiger partial charge on any atom is -0.366 e. The van der Waals surface area contributed by atoms with Crippen LogP contribution >= 0.6 is 0 Å². The Hall–Kier alpha value is -2.62. The van der Waals surface area contributed by atoms with Crippen molar-refractivity contribution < 1.29 is 9.59 Å². The van der Waals surface area contributed by atoms with Crippen LogP contribution in [-0.2, 0) is 6.42 Å². The third-order valence-electron chi connectivity index (χ3n) is 4.11. The largest absolute Gasteiger partial charge is 0.366 e. The first kappa shape index (κ1) is 14.3. The van der Waals surface area contributed by atoms with Gasteiger partial charge in [0, 0.05) is 11.1 Å². The molecule has 0 heterocycles. The van der Waals surface area contributed by atoms with Gasteiger partial charge in [-0.25, -0.2) is 0 Å². The smallest absolute Gasteiger partial charge is 0.251 e. The highest BCUT2D eigenvalue weighted by Crippen LogP contribution is 2.31. The summed E-state index contributed by atoms with van der Waals surface area (Å²) >= 11 is 0. The van der Waals surface area contributed by atoms with Crippen molar-refractivity contribution in [2.75, 3.05) is 0 Å². The molecule has 4 heteroatoms. The van der Waals surface area contributed by atoms with Crippen LogP contribution in [0.5, 0.6) is 0 Å². The molecule has 1 aliphatic rings. The molecule has 0 saturated carbocycles. The number of benzene rings is 2. The molecule has 1 aliphatic carbocycles. The summed E-state index contributed by atoms with van der Waals surface area (Å²) in [4.78, 5) is 23.4. The average molecular weight is 294 g/mol. The Balaban J connectivity index is 1.74. The van der Waals surface area contributed by atoms with E-state index in [9.17, 15) is 9.59 Å². The van der Waals surface area contributed by atoms with Crippen molar-refractivity contribution in [2.45, 2.75) is 25.8 Å². The predicted octanol–water partition coefficient (Wildman–Crippen LogP) is 2.51. The Bertz CT molecular complexity index is 735. The SMILES string of the molecule is Cc1ccc2c(c1)CC[C@H]2NC(=O)c1ccc(C(N)=O)cc1. The number of nitrogens with two attached hydrogens (primary N) is 1. The Morgan fingerprint density at radius 1 is 1.09 bits per heavy atom. The standard InChI is InChI=1S/C18H18N2O2/c1-11-2-8-15-14(10-11)7-9-16(15)20-18(22)13-5-3-12(4-6-13)17(19)21/h2-6,8,10,16H,7,9H2,1H3,(H2,19,21)(H,20,22)/t16-/m1/s1. The van der Waals surface area contributed by atoms with Gasteiger partial charge in [-0.2, -0.15) is 0 Å². The number of fused-ring (bicyclic) bond motifs is 1. The van der Waals surface area contributed by atoms with Gasteiger partial charge in [-0.3, -0.25) is 9.59 Å². The van der Waals surface area contributed by atoms with E-state index in [0.717, 1.165) is 12.8 Å². The molecule has 0 aromatic heterocycles. The Labute approximate surface area is 129 Å². The predicted molar refractivity (Wildman–Crippen MR) is 84.7 cm³/mol. The van der Waals surface area contributed by atoms with Crippen LogP contribution in [0.2, 0.25) is 0 Å². The molecule has 3 N–H and O–H groups in total. The van der Waals surface area contributed by atoms with Crippen molar-refractivity contribution in [3.63, 3.8) is 0 Å². The number of aryl methyl sites for hydroxylation is 2. The van der Waals surface area contributed by atoms with Crippen LogP contribution in [0.1, 0.15) is 49.9 Å². The van der Waals surface area contributed by atoms with E-state index in [2.05, 4.69) is 30.4 Å². The zero-order chi connectivity index (χ0) is 15.7. The van der Waals surface area contributed by atoms with Crippen LogP contribution in [-0.4, -0.2) is 11.8 Å². The molecule has 0 saturated heterocycles. The van der Waals surface area contributed by atoms with Crippen molar-refractivity contribution in [3.05, 3.63) is 70.3 Å². The zero-order valence-corrected chi connectivity index (χ0v) is 12.4. The molecule has 0 aliphatic heterocycles. The monoisotopic (exact) mass is 294 g/mol. The molecule has 0 unspecified atom stereocenters. The summed E-state index contributed by atoms with van der Waals surface area (Å²) in [6.07, 6.45) is 1.91. The number of carbonyl (C=O) groups excluding carboxylic acids is 2. The maximum atomic E-state index is 12.3. The van der Waals surface area contributed by atoms with Gasteiger partial charge in [-0.05, 0) is 55.2 Å². The molecule has 2 amide bonds. The van der Waals surface area contributed by atoms with E-state index >= 15 is 0 Å². The Morgan fingerprint density at radius 2 is 1.77 bits per heavy atom. The summed E-state index contributed by atoms with van der Waals surface area (Å²) in [7, 11) is 0. The van der Waals surface area contributed by atoms with E-state index in [4.69, 9.17) is 5.73 Å². The van der Waals surface area contributed by atoms with E-state index in [1.165, 1.54) is 16.7 Å². The summed E-state index contributed by atoms with van der Waals surface area (Å²) < 4.78 is 0. The van der Waals surface area contributed by atoms with Gasteiger partial charge in [-0.15, -0.1) is 0 Å². The van der Waals surface area contributed by atoms with E-state index in [0.29, 0.717) is 11.1 Å². The maximum Gasteiger partial charge on any atom is 0.251 e. The number of hydrogen-bond donors (Lipinski definition) is 2. The molecule has 0 spiro atoms. The van der Waals surface area contributed by atoms with Gasteiger partial charge in [0.2, 0.25) is 5.91 Å². The summed E-state index contributed by atoms with van der Waals surface area (Å²) in [6.45, 7) is 2.08. The molecule has 0 radical (unpaired) electrons. The van der Waals surface area contributed by atoms with Crippen molar-refractivity contribution in [3.8, 4) is 0 Å². The normalized spacial score (nSPS) is 16.1. The first-order valence-electron chi connectivity index (χ1n) is 7.35. The topological polar surface area (TPSA) is 72.2 Å². The van der Waals surface area contributed by atoms with Crippen molar-refractivity contribution in [1.82, 2.24) is 5.32 Å². The van der Waals surface area contributed by atoms with Crippen LogP contribution in [0.3, 0.4) is 0 Å². The number of nitrogens with one attached hydrogen (secondary N) is 1. The number of rotatable bonds is 3. The van der Waals surface area contributed by atoms with Crippen LogP contribution in [0.25, 0.3) is 0 Å². The van der Waals surface area contributed by atoms with Crippen LogP contribution in [0.4, 0.5) is 0 Å². The van der Waals surface area contributed by atoms with Crippen molar-refractivity contribution in [2.24, 2.45) is 5.73 Å². The number of amides is 2. The van der Waals surface area contributed by atoms with Crippen LogP contribution in [0, 0.1) is 6.92 Å². The maximum absolute atomic E-state index is 12.3. The second kappa shape index (κ2) is 5.64. The van der Waals surface area contributed by atoms with E-state index < -0.39 is 5.91 Å². The molecule has 2 aromatic rings. The highest BCUT2D eigenvalue weighted by Gasteiger charge is 2.24. The van der Waals surface area contributed by atoms with Gasteiger partial charge in [0.05, 0.1) is 6.04 Å². The zero-order valence-electron chi connectivity index (χ0n) is 12.4. The van der Waals surface area contributed by atoms with Gasteiger partial charge < -0.3 is 11.1 Å². The van der Waals surface area contributed by atoms with Crippen LogP contribution < -0.4 is 11.1 Å². The van der Waals surface area contributed by atoms with Gasteiger partial charge in [0.1, 0.15) is 0 Å². The van der Waals surface area contributed by atoms with Gasteiger partial charge >= 0.3 is 0 Å². The fraction of sp³-hybridized carbons (Fsp3) is 0.222. The highest BCUT2D eigenvalue weighted by atomic mass is 16.2. The summed E-state index contributed by atoms with van der Waals surface area (Å²) in [6, 6.07) is 12.8. The van der Waals surface area contributed by atoms with Crippen LogP contribution in [0.15, 0.2) is 42.5 Å². The number of hydrogen-bond acceptors (Lipinski definition) is 2. The molecule has 1 atom stereocenters. The van der Waals surface area contributed by atoms with E-state index in [1.54, 1.807) is 24.3 Å². The summed E-state index contributed by atoms with van der Waals surface area (Å²) in [5.41, 5.74) is 9.89. The lowest BCUT2D eigenvalue weighted by Gasteiger charge is -2.14. The molecule has 2 aromatic carbocycles. The average Bonchev–Trinajstić information content (AvgIpc) is 2.89. The lowest BCUT2D eigenvalue weighted by atomic mass is 10.0. The Kier molecular flexibility index (Phi) is 3.67. The molecular formula is C18H18N2O2. The van der Waals surface area contributed by atoms with Gasteiger partial charge in [0.25, 0.3) is 5.91 Å². The second-order valence-electron chi connectivity index (χ2n) is 5.71. The molecular weight excluding hydrogens is 276 g/mol. The van der Waals surface area contributed by atoms with E-state index in [1.807, 2.05) is 0 Å². The fourth-order valence-corrected chi connectivity index (χ4v) is 2.92. The lowest BCUT2D eigenvalue weighted by Crippen LogP contribution is -2.27.